The number of rotatable bonds is 3. The highest BCUT2D eigenvalue weighted by Gasteiger charge is 1.99. The van der Waals surface area contributed by atoms with E-state index in [4.69, 9.17) is 4.74 Å². The van der Waals surface area contributed by atoms with Gasteiger partial charge in [-0.25, -0.2) is 4.57 Å². The van der Waals surface area contributed by atoms with Crippen LogP contribution in [0.2, 0.25) is 0 Å². The summed E-state index contributed by atoms with van der Waals surface area (Å²) in [5.41, 5.74) is 3.31. The Morgan fingerprint density at radius 1 is 1.21 bits per heavy atom. The van der Waals surface area contributed by atoms with Gasteiger partial charge in [0.15, 0.2) is 5.69 Å². The molecule has 0 radical (unpaired) electrons. The van der Waals surface area contributed by atoms with Crippen LogP contribution in [0.1, 0.15) is 16.8 Å². The van der Waals surface area contributed by atoms with Gasteiger partial charge in [-0.1, -0.05) is 12.1 Å². The molecular weight excluding hydrogens is 351 g/mol. The Morgan fingerprint density at radius 3 is 2.58 bits per heavy atom. The van der Waals surface area contributed by atoms with E-state index >= 15 is 0 Å². The smallest absolute Gasteiger partial charge is 0.286 e. The number of benzene rings is 1. The van der Waals surface area contributed by atoms with E-state index in [1.165, 1.54) is 11.1 Å². The second-order valence-electron chi connectivity index (χ2n) is 4.21. The van der Waals surface area contributed by atoms with Crippen LogP contribution < -0.4 is 33.3 Å². The normalized spacial score (nSPS) is 10.3. The zero-order valence-corrected chi connectivity index (χ0v) is 13.5. The van der Waals surface area contributed by atoms with Gasteiger partial charge in [0, 0.05) is 6.07 Å². The molecule has 0 aliphatic carbocycles. The lowest BCUT2D eigenvalue weighted by Crippen LogP contribution is -3.00. The maximum atomic E-state index is 5.19. The Morgan fingerprint density at radius 2 is 2.00 bits per heavy atom. The standard InChI is InChI=1S/C15H17N2O.HI/c1-12-10-15(18-3)7-5-13(12)4-6-14-8-9-17(2)11-16-14;/h4-11H,1-3H3;1H/q+1;/p-1/b6-4+;. The van der Waals surface area contributed by atoms with Crippen molar-refractivity contribution in [3.63, 3.8) is 0 Å². The number of halogens is 1. The Kier molecular flexibility index (Phi) is 5.95. The average Bonchev–Trinajstić information content (AvgIpc) is 2.39. The highest BCUT2D eigenvalue weighted by atomic mass is 127. The summed E-state index contributed by atoms with van der Waals surface area (Å²) in [5, 5.41) is 0. The molecule has 1 aromatic heterocycles. The fourth-order valence-corrected chi connectivity index (χ4v) is 1.67. The number of methoxy groups -OCH3 is 1. The Hall–Kier alpha value is -1.43. The largest absolute Gasteiger partial charge is 1.00 e. The summed E-state index contributed by atoms with van der Waals surface area (Å²) in [7, 11) is 3.63. The molecule has 0 unspecified atom stereocenters. The third-order valence-corrected chi connectivity index (χ3v) is 2.78. The molecule has 0 spiro atoms. The van der Waals surface area contributed by atoms with Gasteiger partial charge in [-0.15, -0.1) is 0 Å². The van der Waals surface area contributed by atoms with Crippen molar-refractivity contribution in [2.45, 2.75) is 6.92 Å². The fraction of sp³-hybridized carbons (Fsp3) is 0.200. The Balaban J connectivity index is 0.00000180. The summed E-state index contributed by atoms with van der Waals surface area (Å²) in [5.74, 6) is 0.884. The quantitative estimate of drug-likeness (QED) is 0.534. The average molecular weight is 368 g/mol. The van der Waals surface area contributed by atoms with Crippen molar-refractivity contribution in [1.29, 1.82) is 0 Å². The SMILES string of the molecule is COc1ccc(/C=C/c2cc[n+](C)cn2)c(C)c1.[I-]. The number of aromatic nitrogens is 2. The molecule has 100 valence electrons. The zero-order valence-electron chi connectivity index (χ0n) is 11.3. The van der Waals surface area contributed by atoms with Gasteiger partial charge in [-0.2, -0.15) is 0 Å². The third-order valence-electron chi connectivity index (χ3n) is 2.78. The van der Waals surface area contributed by atoms with Gasteiger partial charge in [-0.05, 0) is 41.2 Å². The first kappa shape index (κ1) is 15.6. The van der Waals surface area contributed by atoms with Crippen molar-refractivity contribution in [2.24, 2.45) is 7.05 Å². The summed E-state index contributed by atoms with van der Waals surface area (Å²) in [4.78, 5) is 4.31. The van der Waals surface area contributed by atoms with Gasteiger partial charge in [0.2, 0.25) is 0 Å². The molecular formula is C15H17IN2O. The van der Waals surface area contributed by atoms with Crippen molar-refractivity contribution < 1.29 is 33.3 Å². The minimum Gasteiger partial charge on any atom is -1.00 e. The predicted molar refractivity (Wildman–Crippen MR) is 72.1 cm³/mol. The van der Waals surface area contributed by atoms with Gasteiger partial charge in [0.1, 0.15) is 5.75 Å². The molecule has 1 heterocycles. The van der Waals surface area contributed by atoms with Gasteiger partial charge in [0.25, 0.3) is 6.33 Å². The monoisotopic (exact) mass is 368 g/mol. The molecule has 0 aliphatic heterocycles. The van der Waals surface area contributed by atoms with E-state index in [2.05, 4.69) is 18.0 Å². The van der Waals surface area contributed by atoms with Gasteiger partial charge in [0.05, 0.1) is 20.4 Å². The first-order valence-corrected chi connectivity index (χ1v) is 5.83. The van der Waals surface area contributed by atoms with Crippen LogP contribution in [0.4, 0.5) is 0 Å². The molecule has 0 fully saturated rings. The van der Waals surface area contributed by atoms with Crippen LogP contribution in [0.5, 0.6) is 5.75 Å². The van der Waals surface area contributed by atoms with E-state index in [9.17, 15) is 0 Å². The number of aryl methyl sites for hydroxylation is 2. The van der Waals surface area contributed by atoms with Crippen LogP contribution in [-0.2, 0) is 7.05 Å². The minimum absolute atomic E-state index is 0. The number of nitrogens with zero attached hydrogens (tertiary/aromatic N) is 2. The topological polar surface area (TPSA) is 26.0 Å². The number of hydrogen-bond acceptors (Lipinski definition) is 2. The molecule has 2 aromatic rings. The molecule has 4 heteroatoms. The van der Waals surface area contributed by atoms with Crippen LogP contribution >= 0.6 is 0 Å². The maximum Gasteiger partial charge on any atom is 0.286 e. The summed E-state index contributed by atoms with van der Waals surface area (Å²) in [6.07, 6.45) is 7.85. The van der Waals surface area contributed by atoms with Crippen LogP contribution in [0.15, 0.2) is 36.8 Å². The van der Waals surface area contributed by atoms with E-state index < -0.39 is 0 Å². The summed E-state index contributed by atoms with van der Waals surface area (Å²) in [6, 6.07) is 8.02. The van der Waals surface area contributed by atoms with E-state index in [1.54, 1.807) is 13.4 Å². The first-order valence-electron chi connectivity index (χ1n) is 5.83. The lowest BCUT2D eigenvalue weighted by Gasteiger charge is -2.03. The van der Waals surface area contributed by atoms with Crippen LogP contribution in [0.25, 0.3) is 12.2 Å². The fourth-order valence-electron chi connectivity index (χ4n) is 1.67. The molecule has 0 saturated heterocycles. The van der Waals surface area contributed by atoms with Crippen molar-refractivity contribution in [2.75, 3.05) is 7.11 Å². The van der Waals surface area contributed by atoms with Crippen molar-refractivity contribution >= 4 is 12.2 Å². The molecule has 1 aromatic carbocycles. The predicted octanol–water partition coefficient (Wildman–Crippen LogP) is -0.602. The van der Waals surface area contributed by atoms with Crippen LogP contribution in [0.3, 0.4) is 0 Å². The molecule has 0 aliphatic rings. The number of hydrogen-bond donors (Lipinski definition) is 0. The molecule has 2 rings (SSSR count). The van der Waals surface area contributed by atoms with Crippen molar-refractivity contribution in [3.8, 4) is 5.75 Å². The zero-order chi connectivity index (χ0) is 13.0. The lowest BCUT2D eigenvalue weighted by molar-refractivity contribution is -0.674. The van der Waals surface area contributed by atoms with Gasteiger partial charge < -0.3 is 28.7 Å². The van der Waals surface area contributed by atoms with Gasteiger partial charge in [-0.3, -0.25) is 0 Å². The first-order chi connectivity index (χ1) is 8.69. The molecule has 0 N–H and O–H groups in total. The van der Waals surface area contributed by atoms with E-state index in [0.29, 0.717) is 0 Å². The lowest BCUT2D eigenvalue weighted by atomic mass is 10.1. The minimum atomic E-state index is 0. The highest BCUT2D eigenvalue weighted by Crippen LogP contribution is 2.18. The molecule has 0 bridgehead atoms. The van der Waals surface area contributed by atoms with Crippen LogP contribution in [-0.4, -0.2) is 12.1 Å². The summed E-state index contributed by atoms with van der Waals surface area (Å²) >= 11 is 0. The Labute approximate surface area is 131 Å². The molecule has 0 atom stereocenters. The van der Waals surface area contributed by atoms with E-state index in [-0.39, 0.29) is 24.0 Å². The Bertz CT molecular complexity index is 565. The van der Waals surface area contributed by atoms with Crippen molar-refractivity contribution in [1.82, 2.24) is 4.98 Å². The molecule has 19 heavy (non-hydrogen) atoms. The highest BCUT2D eigenvalue weighted by molar-refractivity contribution is 5.69. The third kappa shape index (κ3) is 4.31. The summed E-state index contributed by atoms with van der Waals surface area (Å²) in [6.45, 7) is 2.07. The second-order valence-corrected chi connectivity index (χ2v) is 4.21. The molecule has 0 saturated carbocycles. The van der Waals surface area contributed by atoms with Crippen LogP contribution in [0, 0.1) is 6.92 Å². The van der Waals surface area contributed by atoms with Gasteiger partial charge >= 0.3 is 0 Å². The number of ether oxygens (including phenoxy) is 1. The maximum absolute atomic E-state index is 5.19. The van der Waals surface area contributed by atoms with E-state index in [1.807, 2.05) is 48.2 Å². The second kappa shape index (κ2) is 7.23. The van der Waals surface area contributed by atoms with E-state index in [0.717, 1.165) is 11.4 Å². The molecule has 3 nitrogen and oxygen atoms in total. The molecule has 0 amide bonds. The van der Waals surface area contributed by atoms with Crippen molar-refractivity contribution in [3.05, 3.63) is 53.6 Å². The summed E-state index contributed by atoms with van der Waals surface area (Å²) < 4.78 is 7.10.